The summed E-state index contributed by atoms with van der Waals surface area (Å²) in [5.74, 6) is 1.99. The lowest BCUT2D eigenvalue weighted by molar-refractivity contribution is 0.0731. The van der Waals surface area contributed by atoms with Crippen LogP contribution in [0.25, 0.3) is 10.8 Å². The monoisotopic (exact) mass is 404 g/mol. The van der Waals surface area contributed by atoms with Crippen molar-refractivity contribution in [1.82, 2.24) is 20.4 Å². The van der Waals surface area contributed by atoms with E-state index in [-0.39, 0.29) is 18.1 Å². The molecule has 0 bridgehead atoms. The average Bonchev–Trinajstić information content (AvgIpc) is 2.80. The molecule has 1 aliphatic rings. The molecule has 152 valence electrons. The molecule has 7 heteroatoms. The molecule has 1 N–H and O–H groups in total. The predicted octanol–water partition coefficient (Wildman–Crippen LogP) is 2.42. The third-order valence-electron chi connectivity index (χ3n) is 5.06. The quantitative estimate of drug-likeness (QED) is 0.662. The largest absolute Gasteiger partial charge is 0.463 e. The molecule has 4 rings (SSSR count). The highest BCUT2D eigenvalue weighted by molar-refractivity contribution is 5.95. The first kappa shape index (κ1) is 19.8. The molecule has 3 aromatic rings. The van der Waals surface area contributed by atoms with Gasteiger partial charge in [-0.1, -0.05) is 30.2 Å². The van der Waals surface area contributed by atoms with Crippen LogP contribution >= 0.6 is 0 Å². The molecule has 0 radical (unpaired) electrons. The summed E-state index contributed by atoms with van der Waals surface area (Å²) < 4.78 is 19.9. The molecule has 0 aliphatic carbocycles. The van der Waals surface area contributed by atoms with E-state index in [1.165, 1.54) is 6.07 Å². The van der Waals surface area contributed by atoms with Crippen molar-refractivity contribution < 1.29 is 13.9 Å². The van der Waals surface area contributed by atoms with Crippen molar-refractivity contribution >= 4 is 16.7 Å². The summed E-state index contributed by atoms with van der Waals surface area (Å²) in [7, 11) is 0. The van der Waals surface area contributed by atoms with E-state index in [1.807, 2.05) is 24.3 Å². The molecule has 0 spiro atoms. The summed E-state index contributed by atoms with van der Waals surface area (Å²) >= 11 is 0. The first-order valence-electron chi connectivity index (χ1n) is 9.76. The number of halogens is 1. The highest BCUT2D eigenvalue weighted by Crippen LogP contribution is 2.26. The van der Waals surface area contributed by atoms with Gasteiger partial charge in [-0.25, -0.2) is 4.39 Å². The fourth-order valence-electron chi connectivity index (χ4n) is 3.56. The zero-order valence-corrected chi connectivity index (χ0v) is 16.4. The van der Waals surface area contributed by atoms with Gasteiger partial charge in [0.05, 0.1) is 11.3 Å². The van der Waals surface area contributed by atoms with Gasteiger partial charge in [0.2, 0.25) is 5.88 Å². The lowest BCUT2D eigenvalue weighted by Crippen LogP contribution is -2.46. The van der Waals surface area contributed by atoms with Crippen LogP contribution in [0.3, 0.4) is 0 Å². The van der Waals surface area contributed by atoms with E-state index in [0.717, 1.165) is 16.3 Å². The minimum Gasteiger partial charge on any atom is -0.463 e. The summed E-state index contributed by atoms with van der Waals surface area (Å²) in [5, 5.41) is 13.3. The minimum absolute atomic E-state index is 0.0839. The Balaban J connectivity index is 1.64. The Hall–Kier alpha value is -3.50. The minimum atomic E-state index is -0.517. The molecule has 1 fully saturated rings. The molecule has 2 heterocycles. The Morgan fingerprint density at radius 1 is 1.17 bits per heavy atom. The van der Waals surface area contributed by atoms with Crippen LogP contribution in [0.2, 0.25) is 0 Å². The number of nitrogens with zero attached hydrogens (tertiary/aromatic N) is 3. The lowest BCUT2D eigenvalue weighted by atomic mass is 10.0. The standard InChI is InChI=1S/C23H21FN4O2/c1-2-13-30-22-18-6-4-3-5-17(18)21(26-27-22)15-16-7-8-20(24)19(14-16)23(29)28-11-9-25-10-12-28/h1,3-8,14,25H,9-13,15H2. The zero-order chi connectivity index (χ0) is 20.9. The molecule has 1 saturated heterocycles. The number of ether oxygens (including phenoxy) is 1. The number of aromatic nitrogens is 2. The molecule has 0 saturated carbocycles. The van der Waals surface area contributed by atoms with Crippen LogP contribution in [0.4, 0.5) is 4.39 Å². The lowest BCUT2D eigenvalue weighted by Gasteiger charge is -2.27. The molecular weight excluding hydrogens is 383 g/mol. The molecule has 0 unspecified atom stereocenters. The summed E-state index contributed by atoms with van der Waals surface area (Å²) in [6.45, 7) is 2.66. The van der Waals surface area contributed by atoms with E-state index in [2.05, 4.69) is 21.4 Å². The number of carbonyl (C=O) groups excluding carboxylic acids is 1. The molecule has 2 aromatic carbocycles. The Morgan fingerprint density at radius 2 is 1.93 bits per heavy atom. The van der Waals surface area contributed by atoms with Crippen LogP contribution in [-0.2, 0) is 6.42 Å². The van der Waals surface area contributed by atoms with E-state index in [1.54, 1.807) is 17.0 Å². The van der Waals surface area contributed by atoms with Crippen LogP contribution in [0.5, 0.6) is 5.88 Å². The number of amides is 1. The second-order valence-corrected chi connectivity index (χ2v) is 7.02. The van der Waals surface area contributed by atoms with E-state index < -0.39 is 5.82 Å². The number of hydrogen-bond acceptors (Lipinski definition) is 5. The van der Waals surface area contributed by atoms with Crippen molar-refractivity contribution in [2.45, 2.75) is 6.42 Å². The number of fused-ring (bicyclic) bond motifs is 1. The van der Waals surface area contributed by atoms with Crippen molar-refractivity contribution in [3.05, 3.63) is 65.1 Å². The van der Waals surface area contributed by atoms with Crippen LogP contribution in [-0.4, -0.2) is 53.8 Å². The first-order chi connectivity index (χ1) is 14.7. The molecule has 1 aromatic heterocycles. The molecule has 1 amide bonds. The zero-order valence-electron chi connectivity index (χ0n) is 16.4. The van der Waals surface area contributed by atoms with Crippen molar-refractivity contribution in [1.29, 1.82) is 0 Å². The SMILES string of the molecule is C#CCOc1nnc(Cc2ccc(F)c(C(=O)N3CCNCC3)c2)c2ccccc12. The average molecular weight is 404 g/mol. The van der Waals surface area contributed by atoms with Crippen molar-refractivity contribution in [3.63, 3.8) is 0 Å². The smallest absolute Gasteiger partial charge is 0.256 e. The van der Waals surface area contributed by atoms with E-state index in [4.69, 9.17) is 11.2 Å². The summed E-state index contributed by atoms with van der Waals surface area (Å²) in [6.07, 6.45) is 5.68. The van der Waals surface area contributed by atoms with Gasteiger partial charge in [0.1, 0.15) is 5.82 Å². The van der Waals surface area contributed by atoms with Crippen LogP contribution in [0.15, 0.2) is 42.5 Å². The highest BCUT2D eigenvalue weighted by Gasteiger charge is 2.21. The fraction of sp³-hybridized carbons (Fsp3) is 0.261. The Morgan fingerprint density at radius 3 is 2.70 bits per heavy atom. The maximum Gasteiger partial charge on any atom is 0.256 e. The molecule has 6 nitrogen and oxygen atoms in total. The van der Waals surface area contributed by atoms with E-state index in [9.17, 15) is 9.18 Å². The van der Waals surface area contributed by atoms with Crippen molar-refractivity contribution in [2.75, 3.05) is 32.8 Å². The van der Waals surface area contributed by atoms with Crippen LogP contribution < -0.4 is 10.1 Å². The molecule has 0 atom stereocenters. The first-order valence-corrected chi connectivity index (χ1v) is 9.76. The van der Waals surface area contributed by atoms with Crippen molar-refractivity contribution in [3.8, 4) is 18.2 Å². The van der Waals surface area contributed by atoms with Gasteiger partial charge in [-0.2, -0.15) is 5.10 Å². The van der Waals surface area contributed by atoms with Gasteiger partial charge in [-0.3, -0.25) is 4.79 Å². The summed E-state index contributed by atoms with van der Waals surface area (Å²) in [4.78, 5) is 14.5. The fourth-order valence-corrected chi connectivity index (χ4v) is 3.56. The number of benzene rings is 2. The third kappa shape index (κ3) is 4.09. The third-order valence-corrected chi connectivity index (χ3v) is 5.06. The van der Waals surface area contributed by atoms with Gasteiger partial charge in [0.25, 0.3) is 5.91 Å². The number of piperazine rings is 1. The van der Waals surface area contributed by atoms with Gasteiger partial charge in [-0.15, -0.1) is 11.5 Å². The molecular formula is C23H21FN4O2. The number of nitrogens with one attached hydrogen (secondary N) is 1. The summed E-state index contributed by atoms with van der Waals surface area (Å²) in [6, 6.07) is 12.2. The Kier molecular flexibility index (Phi) is 5.87. The van der Waals surface area contributed by atoms with Crippen LogP contribution in [0, 0.1) is 18.2 Å². The second-order valence-electron chi connectivity index (χ2n) is 7.02. The number of terminal acetylenes is 1. The molecule has 1 aliphatic heterocycles. The second kappa shape index (κ2) is 8.89. The predicted molar refractivity (Wildman–Crippen MR) is 112 cm³/mol. The summed E-state index contributed by atoms with van der Waals surface area (Å²) in [5.41, 5.74) is 1.58. The van der Waals surface area contributed by atoms with E-state index in [0.29, 0.717) is 44.2 Å². The number of carbonyl (C=O) groups is 1. The van der Waals surface area contributed by atoms with Gasteiger partial charge < -0.3 is 15.0 Å². The topological polar surface area (TPSA) is 67.4 Å². The highest BCUT2D eigenvalue weighted by atomic mass is 19.1. The van der Waals surface area contributed by atoms with Crippen LogP contribution in [0.1, 0.15) is 21.6 Å². The van der Waals surface area contributed by atoms with Gasteiger partial charge >= 0.3 is 0 Å². The van der Waals surface area contributed by atoms with E-state index >= 15 is 0 Å². The van der Waals surface area contributed by atoms with Crippen molar-refractivity contribution in [2.24, 2.45) is 0 Å². The Labute approximate surface area is 174 Å². The number of rotatable bonds is 5. The van der Waals surface area contributed by atoms with Gasteiger partial charge in [0, 0.05) is 43.4 Å². The van der Waals surface area contributed by atoms with Gasteiger partial charge in [0.15, 0.2) is 6.61 Å². The Bertz CT molecular complexity index is 1120. The maximum atomic E-state index is 14.4. The number of hydrogen-bond donors (Lipinski definition) is 1. The maximum absolute atomic E-state index is 14.4. The molecule has 30 heavy (non-hydrogen) atoms. The van der Waals surface area contributed by atoms with Gasteiger partial charge in [-0.05, 0) is 23.8 Å². The normalized spacial score (nSPS) is 13.8.